The molecular weight excluding hydrogens is 390 g/mol. The van der Waals surface area contributed by atoms with Crippen LogP contribution in [-0.2, 0) is 14.2 Å². The maximum Gasteiger partial charge on any atom is 0.124 e. The van der Waals surface area contributed by atoms with E-state index in [1.807, 2.05) is 30.3 Å². The third kappa shape index (κ3) is 6.95. The average Bonchev–Trinajstić information content (AvgIpc) is 3.15. The molecular formula is C21H27N3O4S. The van der Waals surface area contributed by atoms with Gasteiger partial charge in [0.2, 0.25) is 0 Å². The summed E-state index contributed by atoms with van der Waals surface area (Å²) in [5, 5.41) is 13.9. The largest absolute Gasteiger partial charge is 0.508 e. The van der Waals surface area contributed by atoms with Crippen molar-refractivity contribution in [1.82, 2.24) is 4.98 Å². The molecule has 29 heavy (non-hydrogen) atoms. The highest BCUT2D eigenvalue weighted by atomic mass is 32.1. The number of fused-ring (bicyclic) bond motifs is 1. The first-order valence-corrected chi connectivity index (χ1v) is 10.4. The minimum absolute atomic E-state index is 0.262. The molecule has 0 radical (unpaired) electrons. The number of hydrogen-bond acceptors (Lipinski definition) is 8. The van der Waals surface area contributed by atoms with Gasteiger partial charge in [-0.2, -0.15) is 0 Å². The number of nitrogens with one attached hydrogen (secondary N) is 1. The van der Waals surface area contributed by atoms with Gasteiger partial charge in [-0.25, -0.2) is 4.98 Å². The summed E-state index contributed by atoms with van der Waals surface area (Å²) in [5.74, 6) is 0.262. The van der Waals surface area contributed by atoms with Crippen LogP contribution >= 0.6 is 11.3 Å². The molecule has 1 heterocycles. The molecule has 0 spiro atoms. The molecule has 0 aliphatic rings. The zero-order valence-corrected chi connectivity index (χ0v) is 17.1. The molecule has 3 aromatic rings. The molecule has 2 aromatic carbocycles. The molecule has 1 aromatic heterocycles. The first-order chi connectivity index (χ1) is 14.3. The molecule has 0 saturated carbocycles. The Bertz CT molecular complexity index is 870. The number of nitrogens with two attached hydrogens (primary N) is 1. The maximum absolute atomic E-state index is 9.59. The van der Waals surface area contributed by atoms with E-state index in [-0.39, 0.29) is 5.75 Å². The van der Waals surface area contributed by atoms with Crippen LogP contribution in [0.25, 0.3) is 20.8 Å². The van der Waals surface area contributed by atoms with Crippen LogP contribution in [0, 0.1) is 0 Å². The quantitative estimate of drug-likeness (QED) is 0.368. The first kappa shape index (κ1) is 21.5. The zero-order chi connectivity index (χ0) is 20.3. The molecule has 0 unspecified atom stereocenters. The summed E-state index contributed by atoms with van der Waals surface area (Å²) in [6, 6.07) is 13.4. The van der Waals surface area contributed by atoms with Crippen molar-refractivity contribution >= 4 is 27.2 Å². The molecule has 0 atom stereocenters. The molecule has 156 valence electrons. The van der Waals surface area contributed by atoms with Gasteiger partial charge in [-0.05, 0) is 42.5 Å². The molecule has 0 amide bonds. The van der Waals surface area contributed by atoms with Crippen LogP contribution in [0.4, 0.5) is 5.69 Å². The third-order valence-electron chi connectivity index (χ3n) is 4.09. The second-order valence-electron chi connectivity index (χ2n) is 6.30. The number of hydrogen-bond donors (Lipinski definition) is 3. The number of nitrogens with zero attached hydrogens (tertiary/aromatic N) is 1. The Morgan fingerprint density at radius 3 is 2.31 bits per heavy atom. The Morgan fingerprint density at radius 2 is 1.59 bits per heavy atom. The van der Waals surface area contributed by atoms with Crippen molar-refractivity contribution in [3.05, 3.63) is 42.5 Å². The van der Waals surface area contributed by atoms with E-state index < -0.39 is 0 Å². The average molecular weight is 418 g/mol. The van der Waals surface area contributed by atoms with Crippen molar-refractivity contribution in [2.75, 3.05) is 58.0 Å². The summed E-state index contributed by atoms with van der Waals surface area (Å²) in [6.45, 7) is 4.67. The number of ether oxygens (including phenoxy) is 3. The monoisotopic (exact) mass is 417 g/mol. The van der Waals surface area contributed by atoms with Crippen molar-refractivity contribution in [3.63, 3.8) is 0 Å². The predicted molar refractivity (Wildman–Crippen MR) is 117 cm³/mol. The lowest BCUT2D eigenvalue weighted by molar-refractivity contribution is 0.0179. The van der Waals surface area contributed by atoms with Crippen LogP contribution in [0.1, 0.15) is 0 Å². The molecule has 0 bridgehead atoms. The van der Waals surface area contributed by atoms with E-state index in [9.17, 15) is 5.11 Å². The maximum atomic E-state index is 9.59. The van der Waals surface area contributed by atoms with Crippen molar-refractivity contribution < 1.29 is 19.3 Å². The second kappa shape index (κ2) is 11.7. The van der Waals surface area contributed by atoms with Gasteiger partial charge in [-0.1, -0.05) is 0 Å². The predicted octanol–water partition coefficient (Wildman–Crippen LogP) is 3.09. The minimum atomic E-state index is 0.262. The van der Waals surface area contributed by atoms with Crippen LogP contribution < -0.4 is 11.1 Å². The summed E-state index contributed by atoms with van der Waals surface area (Å²) in [4.78, 5) is 4.63. The lowest BCUT2D eigenvalue weighted by atomic mass is 10.2. The van der Waals surface area contributed by atoms with Gasteiger partial charge in [0.05, 0.1) is 49.9 Å². The van der Waals surface area contributed by atoms with E-state index in [1.54, 1.807) is 23.5 Å². The van der Waals surface area contributed by atoms with E-state index in [4.69, 9.17) is 19.9 Å². The smallest absolute Gasteiger partial charge is 0.124 e. The minimum Gasteiger partial charge on any atom is -0.508 e. The van der Waals surface area contributed by atoms with Crippen LogP contribution in [0.5, 0.6) is 5.75 Å². The van der Waals surface area contributed by atoms with Gasteiger partial charge in [-0.15, -0.1) is 11.3 Å². The van der Waals surface area contributed by atoms with Gasteiger partial charge in [-0.3, -0.25) is 0 Å². The molecule has 0 aliphatic carbocycles. The highest BCUT2D eigenvalue weighted by Crippen LogP contribution is 2.32. The van der Waals surface area contributed by atoms with Gasteiger partial charge in [0.1, 0.15) is 10.8 Å². The number of aromatic hydroxyl groups is 1. The standard InChI is InChI=1S/C21H27N3O4S/c22-7-9-26-11-13-28-14-12-27-10-8-23-17-3-1-16(2-4-17)21-24-19-6-5-18(25)15-20(19)29-21/h1-6,15,23,25H,7-14,22H2. The summed E-state index contributed by atoms with van der Waals surface area (Å²) in [5.41, 5.74) is 8.32. The third-order valence-corrected chi connectivity index (χ3v) is 5.15. The fourth-order valence-corrected chi connectivity index (χ4v) is 3.66. The molecule has 0 aliphatic heterocycles. The van der Waals surface area contributed by atoms with Crippen LogP contribution in [0.2, 0.25) is 0 Å². The molecule has 4 N–H and O–H groups in total. The SMILES string of the molecule is NCCOCCOCCOCCNc1ccc(-c2nc3ccc(O)cc3s2)cc1. The van der Waals surface area contributed by atoms with Gasteiger partial charge in [0.25, 0.3) is 0 Å². The van der Waals surface area contributed by atoms with Crippen LogP contribution in [0.3, 0.4) is 0 Å². The van der Waals surface area contributed by atoms with Crippen LogP contribution in [-0.4, -0.2) is 62.8 Å². The summed E-state index contributed by atoms with van der Waals surface area (Å²) < 4.78 is 17.1. The molecule has 8 heteroatoms. The molecule has 0 fully saturated rings. The number of benzene rings is 2. The van der Waals surface area contributed by atoms with Gasteiger partial charge in [0, 0.05) is 24.3 Å². The Labute approximate surface area is 174 Å². The number of rotatable bonds is 13. The van der Waals surface area contributed by atoms with Gasteiger partial charge in [0.15, 0.2) is 0 Å². The fraction of sp³-hybridized carbons (Fsp3) is 0.381. The van der Waals surface area contributed by atoms with Gasteiger partial charge >= 0.3 is 0 Å². The molecule has 7 nitrogen and oxygen atoms in total. The van der Waals surface area contributed by atoms with Crippen molar-refractivity contribution in [3.8, 4) is 16.3 Å². The summed E-state index contributed by atoms with van der Waals surface area (Å²) >= 11 is 1.57. The lowest BCUT2D eigenvalue weighted by Gasteiger charge is -2.08. The highest BCUT2D eigenvalue weighted by molar-refractivity contribution is 7.21. The number of phenols is 1. The first-order valence-electron chi connectivity index (χ1n) is 9.63. The Kier molecular flexibility index (Phi) is 8.66. The van der Waals surface area contributed by atoms with E-state index in [0.717, 1.165) is 33.0 Å². The number of thiazole rings is 1. The fourth-order valence-electron chi connectivity index (χ4n) is 2.66. The Hall–Kier alpha value is -2.23. The van der Waals surface area contributed by atoms with E-state index in [2.05, 4.69) is 10.3 Å². The number of phenolic OH excluding ortho intramolecular Hbond substituents is 1. The Balaban J connectivity index is 1.33. The van der Waals surface area contributed by atoms with E-state index in [0.29, 0.717) is 46.2 Å². The van der Waals surface area contributed by atoms with Crippen molar-refractivity contribution in [2.45, 2.75) is 0 Å². The number of anilines is 1. The summed E-state index contributed by atoms with van der Waals surface area (Å²) in [7, 11) is 0. The highest BCUT2D eigenvalue weighted by Gasteiger charge is 2.07. The van der Waals surface area contributed by atoms with Gasteiger partial charge < -0.3 is 30.4 Å². The lowest BCUT2D eigenvalue weighted by Crippen LogP contribution is -2.15. The topological polar surface area (TPSA) is 98.9 Å². The molecule has 0 saturated heterocycles. The number of aromatic nitrogens is 1. The van der Waals surface area contributed by atoms with Crippen molar-refractivity contribution in [1.29, 1.82) is 0 Å². The van der Waals surface area contributed by atoms with E-state index in [1.165, 1.54) is 0 Å². The zero-order valence-electron chi connectivity index (χ0n) is 16.3. The molecule has 3 rings (SSSR count). The Morgan fingerprint density at radius 1 is 0.897 bits per heavy atom. The van der Waals surface area contributed by atoms with E-state index >= 15 is 0 Å². The second-order valence-corrected chi connectivity index (χ2v) is 7.33. The normalized spacial score (nSPS) is 11.2. The van der Waals surface area contributed by atoms with Crippen LogP contribution in [0.15, 0.2) is 42.5 Å². The summed E-state index contributed by atoms with van der Waals surface area (Å²) in [6.07, 6.45) is 0. The van der Waals surface area contributed by atoms with Crippen molar-refractivity contribution in [2.24, 2.45) is 5.73 Å².